The van der Waals surface area contributed by atoms with Crippen LogP contribution in [0.4, 0.5) is 0 Å². The molecule has 0 aliphatic carbocycles. The van der Waals surface area contributed by atoms with Gasteiger partial charge in [-0.05, 0) is 49.2 Å². The summed E-state index contributed by atoms with van der Waals surface area (Å²) in [7, 11) is 6.23. The standard InChI is InChI=1S/C24H30N4O6/c1-31-19-9-11-21(33-3)17(13-19)15-25-27-23(29)7-5-6-8-24(30)28-26-16-18-14-20(32-2)10-12-22(18)34-4/h9-16H,5-8H2,1-4H3,(H,27,29)(H,28,30)/b25-15+,26-16+. The lowest BCUT2D eigenvalue weighted by Gasteiger charge is -2.07. The number of rotatable bonds is 13. The second-order valence-electron chi connectivity index (χ2n) is 7.01. The number of hydrazone groups is 2. The van der Waals surface area contributed by atoms with Crippen molar-refractivity contribution in [3.63, 3.8) is 0 Å². The number of carbonyl (C=O) groups is 2. The van der Waals surface area contributed by atoms with Gasteiger partial charge in [0.15, 0.2) is 0 Å². The average molecular weight is 471 g/mol. The lowest BCUT2D eigenvalue weighted by Crippen LogP contribution is -2.19. The van der Waals surface area contributed by atoms with Gasteiger partial charge in [-0.15, -0.1) is 0 Å². The number of ether oxygens (including phenoxy) is 4. The number of methoxy groups -OCH3 is 4. The first-order valence-corrected chi connectivity index (χ1v) is 10.6. The van der Waals surface area contributed by atoms with Crippen molar-refractivity contribution in [1.29, 1.82) is 0 Å². The lowest BCUT2D eigenvalue weighted by atomic mass is 10.2. The minimum absolute atomic E-state index is 0.240. The molecular weight excluding hydrogens is 440 g/mol. The monoisotopic (exact) mass is 470 g/mol. The van der Waals surface area contributed by atoms with Gasteiger partial charge in [-0.2, -0.15) is 10.2 Å². The molecule has 0 radical (unpaired) electrons. The van der Waals surface area contributed by atoms with Crippen molar-refractivity contribution in [1.82, 2.24) is 10.9 Å². The van der Waals surface area contributed by atoms with Crippen LogP contribution in [-0.4, -0.2) is 52.7 Å². The molecule has 0 aromatic heterocycles. The maximum Gasteiger partial charge on any atom is 0.240 e. The van der Waals surface area contributed by atoms with E-state index in [1.54, 1.807) is 64.8 Å². The second-order valence-corrected chi connectivity index (χ2v) is 7.01. The highest BCUT2D eigenvalue weighted by molar-refractivity contribution is 5.86. The Morgan fingerprint density at radius 3 is 1.47 bits per heavy atom. The number of carbonyl (C=O) groups excluding carboxylic acids is 2. The number of nitrogens with zero attached hydrogens (tertiary/aromatic N) is 2. The van der Waals surface area contributed by atoms with E-state index >= 15 is 0 Å². The van der Waals surface area contributed by atoms with E-state index in [1.807, 2.05) is 0 Å². The lowest BCUT2D eigenvalue weighted by molar-refractivity contribution is -0.123. The van der Waals surface area contributed by atoms with Crippen LogP contribution in [0.2, 0.25) is 0 Å². The molecule has 0 saturated carbocycles. The van der Waals surface area contributed by atoms with E-state index in [9.17, 15) is 9.59 Å². The zero-order valence-electron chi connectivity index (χ0n) is 19.8. The molecule has 2 rings (SSSR count). The molecule has 34 heavy (non-hydrogen) atoms. The van der Waals surface area contributed by atoms with Crippen LogP contribution in [0.3, 0.4) is 0 Å². The third-order valence-corrected chi connectivity index (χ3v) is 4.72. The maximum atomic E-state index is 12.0. The highest BCUT2D eigenvalue weighted by Crippen LogP contribution is 2.23. The van der Waals surface area contributed by atoms with E-state index in [0.717, 1.165) is 0 Å². The molecule has 182 valence electrons. The Kier molecular flexibility index (Phi) is 10.9. The molecular formula is C24H30N4O6. The molecule has 0 aliphatic rings. The van der Waals surface area contributed by atoms with Gasteiger partial charge < -0.3 is 18.9 Å². The van der Waals surface area contributed by atoms with Gasteiger partial charge in [0.2, 0.25) is 11.8 Å². The summed E-state index contributed by atoms with van der Waals surface area (Å²) in [6.07, 6.45) is 4.52. The van der Waals surface area contributed by atoms with Crippen molar-refractivity contribution in [2.45, 2.75) is 25.7 Å². The number of hydrogen-bond acceptors (Lipinski definition) is 8. The van der Waals surface area contributed by atoms with Crippen molar-refractivity contribution in [3.8, 4) is 23.0 Å². The van der Waals surface area contributed by atoms with Crippen LogP contribution in [0, 0.1) is 0 Å². The molecule has 2 N–H and O–H groups in total. The maximum absolute atomic E-state index is 12.0. The highest BCUT2D eigenvalue weighted by Gasteiger charge is 2.06. The van der Waals surface area contributed by atoms with Gasteiger partial charge in [0.25, 0.3) is 0 Å². The Labute approximate surface area is 198 Å². The molecule has 0 heterocycles. The van der Waals surface area contributed by atoms with Crippen molar-refractivity contribution < 1.29 is 28.5 Å². The van der Waals surface area contributed by atoms with Gasteiger partial charge in [-0.3, -0.25) is 9.59 Å². The fourth-order valence-corrected chi connectivity index (χ4v) is 2.91. The SMILES string of the molecule is COc1ccc(OC)c(/C=N/NC(=O)CCCCC(=O)N/N=C/c2cc(OC)ccc2OC)c1. The van der Waals surface area contributed by atoms with E-state index in [2.05, 4.69) is 21.1 Å². The summed E-state index contributed by atoms with van der Waals surface area (Å²) >= 11 is 0. The summed E-state index contributed by atoms with van der Waals surface area (Å²) in [6.45, 7) is 0. The van der Waals surface area contributed by atoms with Crippen LogP contribution in [0.25, 0.3) is 0 Å². The molecule has 0 spiro atoms. The number of nitrogens with one attached hydrogen (secondary N) is 2. The Hall–Kier alpha value is -4.08. The van der Waals surface area contributed by atoms with Gasteiger partial charge in [0.05, 0.1) is 40.9 Å². The van der Waals surface area contributed by atoms with Gasteiger partial charge in [-0.25, -0.2) is 10.9 Å². The Balaban J connectivity index is 1.70. The summed E-state index contributed by atoms with van der Waals surface area (Å²) in [5, 5.41) is 7.91. The summed E-state index contributed by atoms with van der Waals surface area (Å²) in [5.74, 6) is 2.02. The Morgan fingerprint density at radius 1 is 0.706 bits per heavy atom. The molecule has 0 saturated heterocycles. The smallest absolute Gasteiger partial charge is 0.240 e. The van der Waals surface area contributed by atoms with E-state index in [-0.39, 0.29) is 24.7 Å². The molecule has 2 amide bonds. The van der Waals surface area contributed by atoms with Gasteiger partial charge >= 0.3 is 0 Å². The molecule has 10 nitrogen and oxygen atoms in total. The summed E-state index contributed by atoms with van der Waals surface area (Å²) < 4.78 is 20.9. The first-order chi connectivity index (χ1) is 16.5. The van der Waals surface area contributed by atoms with Gasteiger partial charge in [-0.1, -0.05) is 0 Å². The number of amides is 2. The molecule has 0 unspecified atom stereocenters. The largest absolute Gasteiger partial charge is 0.497 e. The van der Waals surface area contributed by atoms with Crippen molar-refractivity contribution in [2.75, 3.05) is 28.4 Å². The number of unbranched alkanes of at least 4 members (excludes halogenated alkanes) is 1. The molecule has 0 aliphatic heterocycles. The predicted octanol–water partition coefficient (Wildman–Crippen LogP) is 2.88. The van der Waals surface area contributed by atoms with Gasteiger partial charge in [0.1, 0.15) is 23.0 Å². The van der Waals surface area contributed by atoms with E-state index in [4.69, 9.17) is 18.9 Å². The fourth-order valence-electron chi connectivity index (χ4n) is 2.91. The minimum atomic E-state index is -0.248. The van der Waals surface area contributed by atoms with E-state index in [0.29, 0.717) is 47.0 Å². The van der Waals surface area contributed by atoms with E-state index < -0.39 is 0 Å². The zero-order valence-corrected chi connectivity index (χ0v) is 19.8. The second kappa shape index (κ2) is 14.1. The van der Waals surface area contributed by atoms with Crippen LogP contribution in [-0.2, 0) is 9.59 Å². The Bertz CT molecular complexity index is 941. The van der Waals surface area contributed by atoms with Gasteiger partial charge in [0, 0.05) is 24.0 Å². The molecule has 0 bridgehead atoms. The third kappa shape index (κ3) is 8.45. The first kappa shape index (κ1) is 26.2. The third-order valence-electron chi connectivity index (χ3n) is 4.72. The van der Waals surface area contributed by atoms with E-state index in [1.165, 1.54) is 12.4 Å². The highest BCUT2D eigenvalue weighted by atomic mass is 16.5. The van der Waals surface area contributed by atoms with Crippen molar-refractivity contribution in [3.05, 3.63) is 47.5 Å². The quantitative estimate of drug-likeness (QED) is 0.264. The summed E-state index contributed by atoms with van der Waals surface area (Å²) in [4.78, 5) is 23.9. The van der Waals surface area contributed by atoms with Crippen LogP contribution in [0.1, 0.15) is 36.8 Å². The molecule has 2 aromatic carbocycles. The molecule has 0 fully saturated rings. The molecule has 10 heteroatoms. The topological polar surface area (TPSA) is 120 Å². The van der Waals surface area contributed by atoms with Crippen molar-refractivity contribution >= 4 is 24.2 Å². The number of benzene rings is 2. The predicted molar refractivity (Wildman–Crippen MR) is 129 cm³/mol. The summed E-state index contributed by atoms with van der Waals surface area (Å²) in [5.41, 5.74) is 6.28. The normalized spacial score (nSPS) is 10.8. The van der Waals surface area contributed by atoms with Crippen LogP contribution in [0.5, 0.6) is 23.0 Å². The van der Waals surface area contributed by atoms with Crippen molar-refractivity contribution in [2.24, 2.45) is 10.2 Å². The zero-order chi connectivity index (χ0) is 24.8. The van der Waals surface area contributed by atoms with Crippen LogP contribution >= 0.6 is 0 Å². The molecule has 2 aromatic rings. The average Bonchev–Trinajstić information content (AvgIpc) is 2.86. The Morgan fingerprint density at radius 2 is 1.12 bits per heavy atom. The first-order valence-electron chi connectivity index (χ1n) is 10.6. The number of hydrogen-bond donors (Lipinski definition) is 2. The minimum Gasteiger partial charge on any atom is -0.497 e. The summed E-state index contributed by atoms with van der Waals surface area (Å²) in [6, 6.07) is 10.5. The molecule has 0 atom stereocenters. The van der Waals surface area contributed by atoms with Crippen LogP contribution in [0.15, 0.2) is 46.6 Å². The fraction of sp³-hybridized carbons (Fsp3) is 0.333. The van der Waals surface area contributed by atoms with Crippen LogP contribution < -0.4 is 29.8 Å².